The summed E-state index contributed by atoms with van der Waals surface area (Å²) < 4.78 is 15.1. The molecule has 0 heterocycles. The van der Waals surface area contributed by atoms with Crippen molar-refractivity contribution < 1.29 is 23.8 Å². The lowest BCUT2D eigenvalue weighted by atomic mass is 10.4. The normalized spacial score (nSPS) is 11.7. The molecule has 0 aromatic rings. The Morgan fingerprint density at radius 3 is 2.53 bits per heavy atom. The monoisotopic (exact) mass is 290 g/mol. The number of thioether (sulfide) groups is 1. The van der Waals surface area contributed by atoms with E-state index in [1.165, 1.54) is 0 Å². The molecule has 6 heteroatoms. The van der Waals surface area contributed by atoms with Crippen LogP contribution in [0.1, 0.15) is 20.3 Å². The average molecular weight is 290 g/mol. The van der Waals surface area contributed by atoms with E-state index in [1.54, 1.807) is 18.7 Å². The SMILES string of the molecule is C=C(C)C(=O)OCCOCCC(=O)OC(C)CSC. The highest BCUT2D eigenvalue weighted by atomic mass is 32.2. The summed E-state index contributed by atoms with van der Waals surface area (Å²) in [6.07, 6.45) is 2.08. The van der Waals surface area contributed by atoms with Gasteiger partial charge in [0.25, 0.3) is 0 Å². The van der Waals surface area contributed by atoms with Gasteiger partial charge in [-0.15, -0.1) is 0 Å². The van der Waals surface area contributed by atoms with Crippen LogP contribution in [0.3, 0.4) is 0 Å². The summed E-state index contributed by atoms with van der Waals surface area (Å²) in [5, 5.41) is 0. The fourth-order valence-electron chi connectivity index (χ4n) is 1.13. The second kappa shape index (κ2) is 10.9. The van der Waals surface area contributed by atoms with Gasteiger partial charge >= 0.3 is 11.9 Å². The Labute approximate surface area is 118 Å². The average Bonchev–Trinajstić information content (AvgIpc) is 2.33. The van der Waals surface area contributed by atoms with Gasteiger partial charge in [0.05, 0.1) is 19.6 Å². The van der Waals surface area contributed by atoms with Crippen LogP contribution in [0, 0.1) is 0 Å². The molecule has 0 saturated heterocycles. The maximum Gasteiger partial charge on any atom is 0.333 e. The molecule has 0 radical (unpaired) electrons. The van der Waals surface area contributed by atoms with E-state index in [0.29, 0.717) is 5.57 Å². The van der Waals surface area contributed by atoms with E-state index in [4.69, 9.17) is 14.2 Å². The Hall–Kier alpha value is -1.01. The third-order valence-corrected chi connectivity index (χ3v) is 2.80. The fourth-order valence-corrected chi connectivity index (χ4v) is 1.66. The third-order valence-electron chi connectivity index (χ3n) is 1.99. The second-order valence-electron chi connectivity index (χ2n) is 4.03. The van der Waals surface area contributed by atoms with Gasteiger partial charge < -0.3 is 14.2 Å². The number of ether oxygens (including phenoxy) is 3. The van der Waals surface area contributed by atoms with Crippen LogP contribution >= 0.6 is 11.8 Å². The van der Waals surface area contributed by atoms with Gasteiger partial charge in [-0.1, -0.05) is 6.58 Å². The van der Waals surface area contributed by atoms with Crippen LogP contribution in [-0.2, 0) is 23.8 Å². The standard InChI is InChI=1S/C13H22O5S/c1-10(2)13(15)17-8-7-16-6-5-12(14)18-11(3)9-19-4/h11H,1,5-9H2,2-4H3. The number of esters is 2. The first-order valence-corrected chi connectivity index (χ1v) is 7.45. The van der Waals surface area contributed by atoms with Crippen molar-refractivity contribution in [3.05, 3.63) is 12.2 Å². The maximum absolute atomic E-state index is 11.4. The highest BCUT2D eigenvalue weighted by Crippen LogP contribution is 2.02. The van der Waals surface area contributed by atoms with Crippen LogP contribution in [0.4, 0.5) is 0 Å². The topological polar surface area (TPSA) is 61.8 Å². The second-order valence-corrected chi connectivity index (χ2v) is 4.95. The Kier molecular flexibility index (Phi) is 10.3. The van der Waals surface area contributed by atoms with E-state index >= 15 is 0 Å². The molecule has 0 amide bonds. The van der Waals surface area contributed by atoms with Crippen LogP contribution in [0.2, 0.25) is 0 Å². The van der Waals surface area contributed by atoms with E-state index in [-0.39, 0.29) is 38.3 Å². The summed E-state index contributed by atoms with van der Waals surface area (Å²) in [6, 6.07) is 0. The molecule has 0 aromatic heterocycles. The molecular weight excluding hydrogens is 268 g/mol. The lowest BCUT2D eigenvalue weighted by Crippen LogP contribution is -2.19. The van der Waals surface area contributed by atoms with E-state index in [2.05, 4.69) is 6.58 Å². The van der Waals surface area contributed by atoms with Crippen molar-refractivity contribution in [2.45, 2.75) is 26.4 Å². The van der Waals surface area contributed by atoms with E-state index in [9.17, 15) is 9.59 Å². The van der Waals surface area contributed by atoms with Gasteiger partial charge in [-0.2, -0.15) is 11.8 Å². The van der Waals surface area contributed by atoms with Gasteiger partial charge in [0.15, 0.2) is 0 Å². The molecule has 19 heavy (non-hydrogen) atoms. The number of carbonyl (C=O) groups is 2. The molecular formula is C13H22O5S. The highest BCUT2D eigenvalue weighted by Gasteiger charge is 2.08. The number of carbonyl (C=O) groups excluding carboxylic acids is 2. The molecule has 1 atom stereocenters. The molecule has 5 nitrogen and oxygen atoms in total. The minimum absolute atomic E-state index is 0.0842. The Morgan fingerprint density at radius 2 is 1.95 bits per heavy atom. The molecule has 0 N–H and O–H groups in total. The Bertz CT molecular complexity index is 303. The number of hydrogen-bond donors (Lipinski definition) is 0. The summed E-state index contributed by atoms with van der Waals surface area (Å²) in [7, 11) is 0. The summed E-state index contributed by atoms with van der Waals surface area (Å²) in [5.41, 5.74) is 0.353. The molecule has 0 aliphatic carbocycles. The molecule has 0 rings (SSSR count). The van der Waals surface area contributed by atoms with Crippen LogP contribution in [-0.4, -0.2) is 49.9 Å². The first-order chi connectivity index (χ1) is 8.97. The lowest BCUT2D eigenvalue weighted by Gasteiger charge is -2.11. The smallest absolute Gasteiger partial charge is 0.333 e. The number of rotatable bonds is 10. The molecule has 0 spiro atoms. The minimum Gasteiger partial charge on any atom is -0.462 e. The van der Waals surface area contributed by atoms with Crippen LogP contribution in [0.15, 0.2) is 12.2 Å². The van der Waals surface area contributed by atoms with Gasteiger partial charge in [0.1, 0.15) is 12.7 Å². The van der Waals surface area contributed by atoms with Gasteiger partial charge in [0, 0.05) is 11.3 Å². The van der Waals surface area contributed by atoms with Crippen LogP contribution < -0.4 is 0 Å². The predicted molar refractivity (Wildman–Crippen MR) is 75.1 cm³/mol. The van der Waals surface area contributed by atoms with Crippen molar-refractivity contribution in [1.29, 1.82) is 0 Å². The Morgan fingerprint density at radius 1 is 1.26 bits per heavy atom. The molecule has 1 unspecified atom stereocenters. The molecule has 0 saturated carbocycles. The first kappa shape index (κ1) is 18.0. The molecule has 0 bridgehead atoms. The summed E-state index contributed by atoms with van der Waals surface area (Å²) in [5.74, 6) is 0.0677. The van der Waals surface area contributed by atoms with Crippen molar-refractivity contribution >= 4 is 23.7 Å². The van der Waals surface area contributed by atoms with Crippen molar-refractivity contribution in [2.24, 2.45) is 0 Å². The molecule has 0 aliphatic rings. The third kappa shape index (κ3) is 10.6. The maximum atomic E-state index is 11.4. The van der Waals surface area contributed by atoms with Crippen molar-refractivity contribution in [3.63, 3.8) is 0 Å². The lowest BCUT2D eigenvalue weighted by molar-refractivity contribution is -0.149. The quantitative estimate of drug-likeness (QED) is 0.347. The number of hydrogen-bond acceptors (Lipinski definition) is 6. The summed E-state index contributed by atoms with van der Waals surface area (Å²) >= 11 is 1.63. The first-order valence-electron chi connectivity index (χ1n) is 6.06. The Balaban J connectivity index is 3.46. The van der Waals surface area contributed by atoms with Crippen LogP contribution in [0.5, 0.6) is 0 Å². The molecule has 0 fully saturated rings. The van der Waals surface area contributed by atoms with Crippen molar-refractivity contribution in [3.8, 4) is 0 Å². The summed E-state index contributed by atoms with van der Waals surface area (Å²) in [4.78, 5) is 22.4. The zero-order valence-corrected chi connectivity index (χ0v) is 12.6. The highest BCUT2D eigenvalue weighted by molar-refractivity contribution is 7.98. The molecule has 110 valence electrons. The van der Waals surface area contributed by atoms with Crippen molar-refractivity contribution in [2.75, 3.05) is 31.8 Å². The zero-order valence-electron chi connectivity index (χ0n) is 11.8. The zero-order chi connectivity index (χ0) is 14.7. The van der Waals surface area contributed by atoms with Gasteiger partial charge in [-0.05, 0) is 20.1 Å². The van der Waals surface area contributed by atoms with Crippen LogP contribution in [0.25, 0.3) is 0 Å². The fraction of sp³-hybridized carbons (Fsp3) is 0.692. The van der Waals surface area contributed by atoms with Gasteiger partial charge in [-0.25, -0.2) is 4.79 Å². The molecule has 0 aliphatic heterocycles. The van der Waals surface area contributed by atoms with Crippen molar-refractivity contribution in [1.82, 2.24) is 0 Å². The largest absolute Gasteiger partial charge is 0.462 e. The predicted octanol–water partition coefficient (Wildman–Crippen LogP) is 1.81. The van der Waals surface area contributed by atoms with E-state index in [0.717, 1.165) is 5.75 Å². The van der Waals surface area contributed by atoms with Gasteiger partial charge in [0.2, 0.25) is 0 Å². The summed E-state index contributed by atoms with van der Waals surface area (Å²) in [6.45, 7) is 7.56. The molecule has 0 aromatic carbocycles. The van der Waals surface area contributed by atoms with E-state index in [1.807, 2.05) is 13.2 Å². The van der Waals surface area contributed by atoms with E-state index < -0.39 is 5.97 Å². The van der Waals surface area contributed by atoms with Gasteiger partial charge in [-0.3, -0.25) is 4.79 Å². The minimum atomic E-state index is -0.436.